The van der Waals surface area contributed by atoms with Crippen molar-refractivity contribution >= 4 is 29.1 Å². The summed E-state index contributed by atoms with van der Waals surface area (Å²) < 4.78 is 2.32. The molecule has 1 aromatic carbocycles. The van der Waals surface area contributed by atoms with Crippen LogP contribution in [0.5, 0.6) is 0 Å². The lowest BCUT2D eigenvalue weighted by Gasteiger charge is -2.26. The number of aryl methyl sites for hydroxylation is 1. The lowest BCUT2D eigenvalue weighted by atomic mass is 9.95. The zero-order valence-electron chi connectivity index (χ0n) is 17.5. The van der Waals surface area contributed by atoms with Crippen LogP contribution in [0.4, 0.5) is 5.69 Å². The third-order valence-corrected chi connectivity index (χ3v) is 5.99. The minimum atomic E-state index is -0.203. The second kappa shape index (κ2) is 9.49. The maximum atomic E-state index is 12.9. The Bertz CT molecular complexity index is 898. The molecule has 1 saturated carbocycles. The van der Waals surface area contributed by atoms with Crippen LogP contribution in [0.1, 0.15) is 83.6 Å². The molecule has 0 unspecified atom stereocenters. The first-order chi connectivity index (χ1) is 13.9. The first-order valence-electron chi connectivity index (χ1n) is 10.5. The number of hydrogen-bond donors (Lipinski definition) is 2. The highest BCUT2D eigenvalue weighted by Crippen LogP contribution is 2.32. The van der Waals surface area contributed by atoms with Gasteiger partial charge in [-0.25, -0.2) is 0 Å². The summed E-state index contributed by atoms with van der Waals surface area (Å²) in [7, 11) is 0. The van der Waals surface area contributed by atoms with Gasteiger partial charge >= 0.3 is 0 Å². The fourth-order valence-corrected chi connectivity index (χ4v) is 4.48. The first-order valence-corrected chi connectivity index (χ1v) is 10.9. The van der Waals surface area contributed by atoms with Crippen LogP contribution in [0.25, 0.3) is 0 Å². The number of nitrogens with zero attached hydrogens (tertiary/aromatic N) is 1. The lowest BCUT2D eigenvalue weighted by molar-refractivity contribution is 0.0953. The van der Waals surface area contributed by atoms with Crippen molar-refractivity contribution in [3.05, 3.63) is 51.8 Å². The van der Waals surface area contributed by atoms with Crippen LogP contribution in [0.2, 0.25) is 5.02 Å². The second-order valence-corrected chi connectivity index (χ2v) is 8.26. The molecular formula is C23H30ClN3O2. The highest BCUT2D eigenvalue weighted by atomic mass is 35.5. The van der Waals surface area contributed by atoms with Crippen LogP contribution in [-0.2, 0) is 0 Å². The van der Waals surface area contributed by atoms with Crippen LogP contribution in [0.3, 0.4) is 0 Å². The van der Waals surface area contributed by atoms with Gasteiger partial charge in [0.15, 0.2) is 0 Å². The smallest absolute Gasteiger partial charge is 0.257 e. The summed E-state index contributed by atoms with van der Waals surface area (Å²) in [5.41, 5.74) is 3.81. The van der Waals surface area contributed by atoms with Gasteiger partial charge in [-0.3, -0.25) is 9.59 Å². The molecule has 0 aliphatic heterocycles. The molecule has 0 atom stereocenters. The summed E-state index contributed by atoms with van der Waals surface area (Å²) in [5, 5.41) is 6.06. The van der Waals surface area contributed by atoms with Crippen LogP contribution >= 0.6 is 11.6 Å². The number of amides is 2. The molecule has 2 N–H and O–H groups in total. The van der Waals surface area contributed by atoms with Gasteiger partial charge in [0.25, 0.3) is 11.8 Å². The van der Waals surface area contributed by atoms with E-state index in [-0.39, 0.29) is 11.8 Å². The van der Waals surface area contributed by atoms with Crippen molar-refractivity contribution in [1.82, 2.24) is 9.88 Å². The lowest BCUT2D eigenvalue weighted by Crippen LogP contribution is -2.24. The minimum Gasteiger partial charge on any atom is -0.352 e. The Labute approximate surface area is 177 Å². The first kappa shape index (κ1) is 21.4. The van der Waals surface area contributed by atoms with E-state index in [2.05, 4.69) is 22.1 Å². The number of benzene rings is 1. The Morgan fingerprint density at radius 2 is 1.79 bits per heavy atom. The summed E-state index contributed by atoms with van der Waals surface area (Å²) in [4.78, 5) is 25.0. The maximum Gasteiger partial charge on any atom is 0.257 e. The molecule has 29 heavy (non-hydrogen) atoms. The Hall–Kier alpha value is -2.27. The minimum absolute atomic E-state index is 0.153. The normalized spacial score (nSPS) is 14.6. The number of aromatic nitrogens is 1. The topological polar surface area (TPSA) is 63.1 Å². The molecular weight excluding hydrogens is 386 g/mol. The highest BCUT2D eigenvalue weighted by molar-refractivity contribution is 6.34. The van der Waals surface area contributed by atoms with E-state index >= 15 is 0 Å². The van der Waals surface area contributed by atoms with Gasteiger partial charge in [0.2, 0.25) is 0 Å². The molecule has 0 spiro atoms. The van der Waals surface area contributed by atoms with E-state index in [0.717, 1.165) is 17.8 Å². The Kier molecular flexibility index (Phi) is 7.01. The monoisotopic (exact) mass is 415 g/mol. The molecule has 0 saturated heterocycles. The van der Waals surface area contributed by atoms with Gasteiger partial charge in [0, 0.05) is 29.7 Å². The summed E-state index contributed by atoms with van der Waals surface area (Å²) >= 11 is 6.28. The number of halogens is 1. The highest BCUT2D eigenvalue weighted by Gasteiger charge is 2.23. The number of rotatable bonds is 6. The summed E-state index contributed by atoms with van der Waals surface area (Å²) in [5.74, 6) is -0.356. The van der Waals surface area contributed by atoms with Gasteiger partial charge in [-0.15, -0.1) is 0 Å². The largest absolute Gasteiger partial charge is 0.352 e. The van der Waals surface area contributed by atoms with E-state index in [1.807, 2.05) is 19.9 Å². The van der Waals surface area contributed by atoms with Crippen molar-refractivity contribution in [3.63, 3.8) is 0 Å². The summed E-state index contributed by atoms with van der Waals surface area (Å²) in [6, 6.07) is 7.44. The van der Waals surface area contributed by atoms with E-state index in [4.69, 9.17) is 11.6 Å². The van der Waals surface area contributed by atoms with Crippen molar-refractivity contribution in [2.45, 2.75) is 65.3 Å². The molecule has 0 bridgehead atoms. The molecule has 2 amide bonds. The maximum absolute atomic E-state index is 12.9. The van der Waals surface area contributed by atoms with Crippen LogP contribution in [0, 0.1) is 13.8 Å². The van der Waals surface area contributed by atoms with Gasteiger partial charge < -0.3 is 15.2 Å². The van der Waals surface area contributed by atoms with E-state index in [1.54, 1.807) is 18.2 Å². The third-order valence-electron chi connectivity index (χ3n) is 5.68. The predicted octanol–water partition coefficient (Wildman–Crippen LogP) is 5.66. The standard InChI is InChI=1S/C23H30ClN3O2/c1-4-12-25-22(28)19-11-10-17(14-21(19)24)26-23(29)20-13-15(2)27(16(20)3)18-8-6-5-7-9-18/h10-11,13-14,18H,4-9,12H2,1-3H3,(H,25,28)(H,26,29). The Morgan fingerprint density at radius 1 is 1.07 bits per heavy atom. The fourth-order valence-electron chi connectivity index (χ4n) is 4.22. The van der Waals surface area contributed by atoms with E-state index in [1.165, 1.54) is 32.1 Å². The SMILES string of the molecule is CCCNC(=O)c1ccc(NC(=O)c2cc(C)n(C3CCCCC3)c2C)cc1Cl. The van der Waals surface area contributed by atoms with Crippen molar-refractivity contribution in [2.24, 2.45) is 0 Å². The Morgan fingerprint density at radius 3 is 2.45 bits per heavy atom. The molecule has 2 aromatic rings. The van der Waals surface area contributed by atoms with Crippen LogP contribution in [-0.4, -0.2) is 22.9 Å². The average molecular weight is 416 g/mol. The van der Waals surface area contributed by atoms with E-state index < -0.39 is 0 Å². The van der Waals surface area contributed by atoms with E-state index in [0.29, 0.717) is 34.4 Å². The van der Waals surface area contributed by atoms with Crippen LogP contribution < -0.4 is 10.6 Å². The van der Waals surface area contributed by atoms with Crippen molar-refractivity contribution in [3.8, 4) is 0 Å². The van der Waals surface area contributed by atoms with Gasteiger partial charge in [0.05, 0.1) is 16.1 Å². The molecule has 6 heteroatoms. The molecule has 1 aliphatic carbocycles. The predicted molar refractivity (Wildman–Crippen MR) is 118 cm³/mol. The number of hydrogen-bond acceptors (Lipinski definition) is 2. The van der Waals surface area contributed by atoms with Gasteiger partial charge in [-0.05, 0) is 57.4 Å². The molecule has 1 heterocycles. The molecule has 3 rings (SSSR count). The van der Waals surface area contributed by atoms with Gasteiger partial charge in [0.1, 0.15) is 0 Å². The molecule has 0 radical (unpaired) electrons. The fraction of sp³-hybridized carbons (Fsp3) is 0.478. The van der Waals surface area contributed by atoms with Crippen LogP contribution in [0.15, 0.2) is 24.3 Å². The summed E-state index contributed by atoms with van der Waals surface area (Å²) in [6.07, 6.45) is 7.01. The third kappa shape index (κ3) is 4.84. The van der Waals surface area contributed by atoms with Crippen molar-refractivity contribution < 1.29 is 9.59 Å². The number of carbonyl (C=O) groups is 2. The van der Waals surface area contributed by atoms with E-state index in [9.17, 15) is 9.59 Å². The van der Waals surface area contributed by atoms with Crippen molar-refractivity contribution in [1.29, 1.82) is 0 Å². The summed E-state index contributed by atoms with van der Waals surface area (Å²) in [6.45, 7) is 6.68. The quantitative estimate of drug-likeness (QED) is 0.639. The molecule has 156 valence electrons. The average Bonchev–Trinajstić information content (AvgIpc) is 3.01. The van der Waals surface area contributed by atoms with Crippen molar-refractivity contribution in [2.75, 3.05) is 11.9 Å². The zero-order valence-corrected chi connectivity index (χ0v) is 18.2. The van der Waals surface area contributed by atoms with Gasteiger partial charge in [-0.1, -0.05) is 37.8 Å². The molecule has 1 aliphatic rings. The Balaban J connectivity index is 1.75. The van der Waals surface area contributed by atoms with Gasteiger partial charge in [-0.2, -0.15) is 0 Å². The second-order valence-electron chi connectivity index (χ2n) is 7.85. The number of nitrogens with one attached hydrogen (secondary N) is 2. The number of anilines is 1. The molecule has 1 aromatic heterocycles. The number of carbonyl (C=O) groups excluding carboxylic acids is 2. The molecule has 1 fully saturated rings. The zero-order chi connectivity index (χ0) is 21.0. The molecule has 5 nitrogen and oxygen atoms in total.